The molecular formula is C17H28N6O3. The van der Waals surface area contributed by atoms with Crippen molar-refractivity contribution in [3.05, 3.63) is 18.0 Å². The predicted molar refractivity (Wildman–Crippen MR) is 95.3 cm³/mol. The van der Waals surface area contributed by atoms with Gasteiger partial charge in [-0.05, 0) is 25.9 Å². The number of rotatable bonds is 5. The number of nitrogens with zero attached hydrogens (tertiary/aromatic N) is 4. The monoisotopic (exact) mass is 364 g/mol. The van der Waals surface area contributed by atoms with Crippen molar-refractivity contribution in [2.45, 2.75) is 31.4 Å². The first-order valence-corrected chi connectivity index (χ1v) is 9.20. The molecule has 2 fully saturated rings. The van der Waals surface area contributed by atoms with E-state index in [1.807, 2.05) is 13.2 Å². The fourth-order valence-corrected chi connectivity index (χ4v) is 3.81. The van der Waals surface area contributed by atoms with E-state index < -0.39 is 6.03 Å². The molecule has 0 aliphatic carbocycles. The maximum Gasteiger partial charge on any atom is 0.312 e. The van der Waals surface area contributed by atoms with Gasteiger partial charge in [-0.1, -0.05) is 6.42 Å². The van der Waals surface area contributed by atoms with Gasteiger partial charge in [0.2, 0.25) is 5.91 Å². The number of aromatic nitrogens is 2. The zero-order valence-electron chi connectivity index (χ0n) is 15.3. The molecule has 3 amide bonds. The SMILES string of the molecule is Cn1cc([C@H]2[C@H](CN3CCCCC3)OCCN2C(=O)CNC(N)=O)cn1. The van der Waals surface area contributed by atoms with Crippen LogP contribution in [-0.2, 0) is 16.6 Å². The van der Waals surface area contributed by atoms with Crippen LogP contribution in [-0.4, -0.2) is 77.0 Å². The molecule has 26 heavy (non-hydrogen) atoms. The zero-order chi connectivity index (χ0) is 18.5. The molecule has 2 atom stereocenters. The molecule has 0 bridgehead atoms. The third-order valence-electron chi connectivity index (χ3n) is 5.04. The van der Waals surface area contributed by atoms with Gasteiger partial charge in [0.05, 0.1) is 31.5 Å². The molecule has 2 aliphatic rings. The number of ether oxygens (including phenoxy) is 1. The number of hydrogen-bond donors (Lipinski definition) is 2. The largest absolute Gasteiger partial charge is 0.373 e. The Kier molecular flexibility index (Phi) is 6.10. The van der Waals surface area contributed by atoms with Crippen molar-refractivity contribution in [1.29, 1.82) is 0 Å². The standard InChI is InChI=1S/C17H28N6O3/c1-21-11-13(9-20-21)16-14(12-22-5-3-2-4-6-22)26-8-7-23(16)15(24)10-19-17(18)25/h9,11,14,16H,2-8,10,12H2,1H3,(H3,18,19,25)/t14-,16-/m0/s1. The first kappa shape index (κ1) is 18.7. The summed E-state index contributed by atoms with van der Waals surface area (Å²) >= 11 is 0. The normalized spacial score (nSPS) is 24.4. The summed E-state index contributed by atoms with van der Waals surface area (Å²) in [5, 5.41) is 6.65. The number of likely N-dealkylation sites (tertiary alicyclic amines) is 1. The molecule has 1 aromatic rings. The summed E-state index contributed by atoms with van der Waals surface area (Å²) in [7, 11) is 1.85. The fourth-order valence-electron chi connectivity index (χ4n) is 3.81. The van der Waals surface area contributed by atoms with Gasteiger partial charge in [0.1, 0.15) is 0 Å². The highest BCUT2D eigenvalue weighted by Crippen LogP contribution is 2.30. The van der Waals surface area contributed by atoms with Gasteiger partial charge < -0.3 is 25.6 Å². The summed E-state index contributed by atoms with van der Waals surface area (Å²) in [5.41, 5.74) is 6.05. The Morgan fingerprint density at radius 3 is 2.73 bits per heavy atom. The van der Waals surface area contributed by atoms with Crippen LogP contribution in [0.1, 0.15) is 30.9 Å². The average Bonchev–Trinajstić information content (AvgIpc) is 3.06. The van der Waals surface area contributed by atoms with Crippen molar-refractivity contribution in [2.24, 2.45) is 12.8 Å². The van der Waals surface area contributed by atoms with E-state index >= 15 is 0 Å². The summed E-state index contributed by atoms with van der Waals surface area (Å²) in [4.78, 5) is 27.8. The van der Waals surface area contributed by atoms with E-state index in [1.165, 1.54) is 19.3 Å². The lowest BCUT2D eigenvalue weighted by atomic mass is 9.99. The van der Waals surface area contributed by atoms with Crippen molar-refractivity contribution in [2.75, 3.05) is 39.3 Å². The van der Waals surface area contributed by atoms with Crippen molar-refractivity contribution in [3.8, 4) is 0 Å². The average molecular weight is 364 g/mol. The van der Waals surface area contributed by atoms with Gasteiger partial charge in [0, 0.05) is 31.9 Å². The van der Waals surface area contributed by atoms with E-state index in [4.69, 9.17) is 10.5 Å². The summed E-state index contributed by atoms with van der Waals surface area (Å²) in [6.07, 6.45) is 7.26. The lowest BCUT2D eigenvalue weighted by molar-refractivity contribution is -0.147. The number of hydrogen-bond acceptors (Lipinski definition) is 5. The highest BCUT2D eigenvalue weighted by molar-refractivity contribution is 5.83. The van der Waals surface area contributed by atoms with E-state index in [2.05, 4.69) is 15.3 Å². The van der Waals surface area contributed by atoms with Crippen LogP contribution < -0.4 is 11.1 Å². The molecule has 3 rings (SSSR count). The topological polar surface area (TPSA) is 106 Å². The Balaban J connectivity index is 1.77. The van der Waals surface area contributed by atoms with Crippen molar-refractivity contribution in [1.82, 2.24) is 24.9 Å². The van der Waals surface area contributed by atoms with Gasteiger partial charge >= 0.3 is 6.03 Å². The van der Waals surface area contributed by atoms with Gasteiger partial charge in [-0.15, -0.1) is 0 Å². The third-order valence-corrected chi connectivity index (χ3v) is 5.04. The maximum absolute atomic E-state index is 12.7. The molecule has 2 saturated heterocycles. The van der Waals surface area contributed by atoms with Crippen LogP contribution in [0.4, 0.5) is 4.79 Å². The van der Waals surface area contributed by atoms with E-state index in [-0.39, 0.29) is 24.6 Å². The quantitative estimate of drug-likeness (QED) is 0.755. The third kappa shape index (κ3) is 4.53. The maximum atomic E-state index is 12.7. The van der Waals surface area contributed by atoms with Gasteiger partial charge in [-0.2, -0.15) is 5.10 Å². The molecule has 9 heteroatoms. The van der Waals surface area contributed by atoms with E-state index in [0.717, 1.165) is 25.2 Å². The minimum absolute atomic E-state index is 0.109. The fraction of sp³-hybridized carbons (Fsp3) is 0.706. The summed E-state index contributed by atoms with van der Waals surface area (Å²) in [6, 6.07) is -0.920. The molecule has 1 aromatic heterocycles. The first-order valence-electron chi connectivity index (χ1n) is 9.20. The molecular weight excluding hydrogens is 336 g/mol. The van der Waals surface area contributed by atoms with Crippen LogP contribution in [0.15, 0.2) is 12.4 Å². The van der Waals surface area contributed by atoms with Crippen LogP contribution in [0.3, 0.4) is 0 Å². The number of primary amides is 1. The number of morpholine rings is 1. The Hall–Kier alpha value is -2.13. The smallest absolute Gasteiger partial charge is 0.312 e. The summed E-state index contributed by atoms with van der Waals surface area (Å²) < 4.78 is 7.81. The second-order valence-corrected chi connectivity index (χ2v) is 6.97. The summed E-state index contributed by atoms with van der Waals surface area (Å²) in [5.74, 6) is -0.162. The van der Waals surface area contributed by atoms with Crippen molar-refractivity contribution < 1.29 is 14.3 Å². The Morgan fingerprint density at radius 2 is 2.08 bits per heavy atom. The van der Waals surface area contributed by atoms with Crippen LogP contribution in [0.2, 0.25) is 0 Å². The van der Waals surface area contributed by atoms with Crippen LogP contribution >= 0.6 is 0 Å². The molecule has 2 aliphatic heterocycles. The molecule has 9 nitrogen and oxygen atoms in total. The first-order chi connectivity index (χ1) is 12.5. The number of nitrogens with two attached hydrogens (primary N) is 1. The van der Waals surface area contributed by atoms with Gasteiger partial charge in [0.15, 0.2) is 0 Å². The lowest BCUT2D eigenvalue weighted by Crippen LogP contribution is -2.54. The number of carbonyl (C=O) groups excluding carboxylic acids is 2. The second kappa shape index (κ2) is 8.50. The molecule has 0 spiro atoms. The van der Waals surface area contributed by atoms with Gasteiger partial charge in [-0.25, -0.2) is 4.79 Å². The van der Waals surface area contributed by atoms with Gasteiger partial charge in [-0.3, -0.25) is 9.48 Å². The number of piperidine rings is 1. The Morgan fingerprint density at radius 1 is 1.31 bits per heavy atom. The Labute approximate surface area is 153 Å². The number of amides is 3. The predicted octanol–water partition coefficient (Wildman–Crippen LogP) is -0.157. The number of carbonyl (C=O) groups is 2. The number of nitrogens with one attached hydrogen (secondary N) is 1. The van der Waals surface area contributed by atoms with Crippen LogP contribution in [0.5, 0.6) is 0 Å². The molecule has 0 saturated carbocycles. The van der Waals surface area contributed by atoms with Crippen LogP contribution in [0, 0.1) is 0 Å². The van der Waals surface area contributed by atoms with E-state index in [0.29, 0.717) is 13.2 Å². The molecule has 3 heterocycles. The molecule has 0 unspecified atom stereocenters. The minimum Gasteiger partial charge on any atom is -0.373 e. The van der Waals surface area contributed by atoms with Crippen molar-refractivity contribution in [3.63, 3.8) is 0 Å². The summed E-state index contributed by atoms with van der Waals surface area (Å²) in [6.45, 7) is 3.77. The zero-order valence-corrected chi connectivity index (χ0v) is 15.3. The van der Waals surface area contributed by atoms with Crippen LogP contribution in [0.25, 0.3) is 0 Å². The number of urea groups is 1. The minimum atomic E-state index is -0.700. The van der Waals surface area contributed by atoms with E-state index in [9.17, 15) is 9.59 Å². The molecule has 0 radical (unpaired) electrons. The highest BCUT2D eigenvalue weighted by Gasteiger charge is 2.38. The van der Waals surface area contributed by atoms with E-state index in [1.54, 1.807) is 15.8 Å². The number of aryl methyl sites for hydroxylation is 1. The van der Waals surface area contributed by atoms with Gasteiger partial charge in [0.25, 0.3) is 0 Å². The lowest BCUT2D eigenvalue weighted by Gasteiger charge is -2.43. The Bertz CT molecular complexity index is 628. The molecule has 0 aromatic carbocycles. The second-order valence-electron chi connectivity index (χ2n) is 6.97. The highest BCUT2D eigenvalue weighted by atomic mass is 16.5. The molecule has 3 N–H and O–H groups in total. The molecule has 144 valence electrons. The van der Waals surface area contributed by atoms with Crippen molar-refractivity contribution >= 4 is 11.9 Å².